The number of benzene rings is 5. The Kier molecular flexibility index (Phi) is 14.6. The third-order valence-electron chi connectivity index (χ3n) is 25.4. The molecule has 93 heavy (non-hydrogen) atoms. The fraction of sp³-hybridized carbons (Fsp3) is 0.444. The maximum absolute atomic E-state index is 16.3. The van der Waals surface area contributed by atoms with Gasteiger partial charge in [-0.15, -0.1) is 0 Å². The number of esters is 2. The summed E-state index contributed by atoms with van der Waals surface area (Å²) < 4.78 is 34.6. The Hall–Kier alpha value is -7.45. The normalized spacial score (nSPS) is 33.8. The molecule has 6 aromatic rings. The quantitative estimate of drug-likeness (QED) is 0.0354. The van der Waals surface area contributed by atoms with Crippen molar-refractivity contribution in [2.75, 3.05) is 26.6 Å². The predicted molar refractivity (Wildman–Crippen MR) is 353 cm³/mol. The van der Waals surface area contributed by atoms with E-state index in [1.54, 1.807) is 13.0 Å². The third kappa shape index (κ3) is 8.89. The van der Waals surface area contributed by atoms with Gasteiger partial charge in [-0.05, 0) is 198 Å². The zero-order valence-electron chi connectivity index (χ0n) is 52.9. The zero-order chi connectivity index (χ0) is 63.1. The van der Waals surface area contributed by atoms with Gasteiger partial charge in [-0.3, -0.25) is 4.79 Å². The van der Waals surface area contributed by atoms with Crippen molar-refractivity contribution in [1.29, 1.82) is 0 Å². The van der Waals surface area contributed by atoms with Crippen LogP contribution in [0.15, 0.2) is 154 Å². The van der Waals surface area contributed by atoms with Gasteiger partial charge >= 0.3 is 17.6 Å². The molecule has 2 saturated carbocycles. The van der Waals surface area contributed by atoms with Gasteiger partial charge in [0.05, 0.1) is 25.4 Å². The minimum atomic E-state index is -1.41. The highest BCUT2D eigenvalue weighted by Gasteiger charge is 2.70. The summed E-state index contributed by atoms with van der Waals surface area (Å²) in [5.41, 5.74) is 11.6. The van der Waals surface area contributed by atoms with Crippen LogP contribution >= 0.6 is 0 Å². The highest BCUT2D eigenvalue weighted by atomic mass is 16.6. The number of rotatable bonds is 9. The molecule has 1 saturated heterocycles. The number of allylic oxidation sites excluding steroid dienone is 5. The molecule has 0 amide bonds. The van der Waals surface area contributed by atoms with E-state index in [2.05, 4.69) is 134 Å². The van der Waals surface area contributed by atoms with Crippen molar-refractivity contribution < 1.29 is 53.4 Å². The summed E-state index contributed by atoms with van der Waals surface area (Å²) in [5, 5.41) is 43.0. The van der Waals surface area contributed by atoms with Crippen LogP contribution in [0, 0.1) is 35.0 Å². The molecule has 3 fully saturated rings. The Morgan fingerprint density at radius 2 is 1.59 bits per heavy atom. The lowest BCUT2D eigenvalue weighted by Crippen LogP contribution is -2.64. The molecule has 16 atom stereocenters. The van der Waals surface area contributed by atoms with Crippen molar-refractivity contribution in [3.05, 3.63) is 227 Å². The summed E-state index contributed by atoms with van der Waals surface area (Å²) in [6.07, 6.45) is 26.6. The van der Waals surface area contributed by atoms with Gasteiger partial charge in [-0.25, -0.2) is 9.59 Å². The standard InChI is InChI=1S/C81H82O12/c1-45(41-83)62-36-50-17-18-51-40-79-32-8-33-80(70(79)39-64-57-13-4-2-9-46(57)22-29-67(64)79)76(92-77(62)87)75(73-69(93-80)30-28-61-65(42-84)72(78(88)91-74(61)73)52(31-34-82)43-89-44-85)90-71(86)38-53-35-48(20-25-56(53)49-21-26-59(50)63(51)37-49)58-14-7-16-68-60(58)27-24-55-12-6-11-54-23-19-47-10-3-5-15-66(47)81(54,55)68/h2-5,7-10,13-16,19-23,25-26,28-30,32,37,48,50-56,64,67,70,75-76,82-85H,6,11-12,17-18,24,27,31,33-36,38-44H2,1H3/b62-45-/t48-,50-,51+,52+,53-,54-,55+,56+,64+,67-,70-,75+,76-,79-,80-,81-/m0/s1. The first-order chi connectivity index (χ1) is 45.5. The largest absolute Gasteiger partial charge is 0.482 e. The molecule has 3 aliphatic heterocycles. The fourth-order valence-corrected chi connectivity index (χ4v) is 21.6. The second kappa shape index (κ2) is 22.9. The average Bonchev–Trinajstić information content (AvgIpc) is 1.65. The molecule has 11 aliphatic rings. The van der Waals surface area contributed by atoms with Crippen LogP contribution in [-0.2, 0) is 42.2 Å². The molecule has 1 aromatic heterocycles. The molecule has 17 rings (SSSR count). The maximum Gasteiger partial charge on any atom is 0.340 e. The summed E-state index contributed by atoms with van der Waals surface area (Å²) in [7, 11) is 0. The summed E-state index contributed by atoms with van der Waals surface area (Å²) in [5.74, 6) is -1.31. The SMILES string of the molecule is C/C(CO)=C1\C[C@@H]2CC[C@@H]3C[C@]45C=CC[C@]6(Oc7ccc8c(CO)c([C@H](CCO)COCO)c(=O)oc8c7[C@@H](OC(=O)C[C@@H]7C[C@@H](c8cccc9c8CC[C@H]8CCC[C@H]%10C=Cc%11ccccc%11[C@@]98%10)C=C[C@@H]7c7ccc2c3c7)[C@@H]6OC1=O)[C@H]4C[C@@H]1c2ccccc2C=C[C@@H]15. The lowest BCUT2D eigenvalue weighted by molar-refractivity contribution is -0.210. The van der Waals surface area contributed by atoms with E-state index in [0.717, 1.165) is 44.1 Å². The second-order valence-corrected chi connectivity index (χ2v) is 29.3. The number of hydrogen-bond acceptors (Lipinski definition) is 12. The fourth-order valence-electron chi connectivity index (χ4n) is 21.6. The monoisotopic (exact) mass is 1250 g/mol. The van der Waals surface area contributed by atoms with E-state index in [-0.39, 0.29) is 108 Å². The molecule has 4 N–H and O–H groups in total. The minimum absolute atomic E-state index is 0.00581. The number of aliphatic hydroxyl groups is 4. The Morgan fingerprint density at radius 1 is 0.763 bits per heavy atom. The number of carbonyl (C=O) groups is 2. The van der Waals surface area contributed by atoms with E-state index in [0.29, 0.717) is 59.8 Å². The Balaban J connectivity index is 0.885. The van der Waals surface area contributed by atoms with Crippen LogP contribution in [0.4, 0.5) is 0 Å². The van der Waals surface area contributed by atoms with Crippen molar-refractivity contribution in [3.8, 4) is 5.75 Å². The molecule has 12 heteroatoms. The Labute approximate surface area is 542 Å². The molecule has 8 aliphatic carbocycles. The lowest BCUT2D eigenvalue weighted by Gasteiger charge is -2.56. The molecule has 0 radical (unpaired) electrons. The molecule has 0 unspecified atom stereocenters. The van der Waals surface area contributed by atoms with E-state index in [9.17, 15) is 25.2 Å². The molecule has 2 spiro atoms. The van der Waals surface area contributed by atoms with Crippen LogP contribution in [0.3, 0.4) is 0 Å². The Bertz CT molecular complexity index is 4280. The van der Waals surface area contributed by atoms with Crippen molar-refractivity contribution in [2.24, 2.45) is 35.0 Å². The topological polar surface area (TPSA) is 182 Å². The van der Waals surface area contributed by atoms with E-state index < -0.39 is 60.1 Å². The van der Waals surface area contributed by atoms with E-state index in [1.807, 2.05) is 6.07 Å². The van der Waals surface area contributed by atoms with Crippen molar-refractivity contribution in [3.63, 3.8) is 0 Å². The number of carbonyl (C=O) groups excluding carboxylic acids is 2. The van der Waals surface area contributed by atoms with Crippen molar-refractivity contribution in [2.45, 2.75) is 162 Å². The summed E-state index contributed by atoms with van der Waals surface area (Å²) in [6, 6.07) is 35.5. The van der Waals surface area contributed by atoms with Crippen LogP contribution in [0.25, 0.3) is 23.1 Å². The molecule has 8 bridgehead atoms. The van der Waals surface area contributed by atoms with Gasteiger partial charge in [-0.1, -0.05) is 140 Å². The molecule has 5 aromatic carbocycles. The summed E-state index contributed by atoms with van der Waals surface area (Å²) >= 11 is 0. The Morgan fingerprint density at radius 3 is 2.45 bits per heavy atom. The first-order valence-corrected chi connectivity index (χ1v) is 34.6. The third-order valence-corrected chi connectivity index (χ3v) is 25.4. The number of ether oxygens (including phenoxy) is 4. The van der Waals surface area contributed by atoms with Crippen LogP contribution in [0.5, 0.6) is 5.75 Å². The van der Waals surface area contributed by atoms with E-state index in [4.69, 9.17) is 23.4 Å². The van der Waals surface area contributed by atoms with Crippen LogP contribution < -0.4 is 10.4 Å². The predicted octanol–water partition coefficient (Wildman–Crippen LogP) is 14.0. The summed E-state index contributed by atoms with van der Waals surface area (Å²) in [6.45, 7) is -0.262. The van der Waals surface area contributed by atoms with Gasteiger partial charge < -0.3 is 43.8 Å². The number of aliphatic hydroxyl groups excluding tert-OH is 4. The lowest BCUT2D eigenvalue weighted by atomic mass is 9.48. The zero-order valence-corrected chi connectivity index (χ0v) is 52.9. The summed E-state index contributed by atoms with van der Waals surface area (Å²) in [4.78, 5) is 47.3. The van der Waals surface area contributed by atoms with Gasteiger partial charge in [-0.2, -0.15) is 0 Å². The first kappa shape index (κ1) is 59.3. The first-order valence-electron chi connectivity index (χ1n) is 34.6. The van der Waals surface area contributed by atoms with Gasteiger partial charge in [0.1, 0.15) is 18.1 Å². The van der Waals surface area contributed by atoms with E-state index >= 15 is 9.59 Å². The minimum Gasteiger partial charge on any atom is -0.482 e. The smallest absolute Gasteiger partial charge is 0.340 e. The number of hydrogen-bond donors (Lipinski definition) is 4. The molecular weight excluding hydrogens is 1160 g/mol. The van der Waals surface area contributed by atoms with Crippen LogP contribution in [0.1, 0.15) is 204 Å². The molecule has 4 heterocycles. The van der Waals surface area contributed by atoms with Crippen LogP contribution in [-0.4, -0.2) is 70.7 Å². The van der Waals surface area contributed by atoms with Gasteiger partial charge in [0.2, 0.25) is 0 Å². The van der Waals surface area contributed by atoms with E-state index in [1.165, 1.54) is 62.9 Å². The van der Waals surface area contributed by atoms with Gasteiger partial charge in [0, 0.05) is 70.5 Å². The average molecular weight is 1250 g/mol. The van der Waals surface area contributed by atoms with Crippen LogP contribution in [0.2, 0.25) is 0 Å². The molecule has 12 nitrogen and oxygen atoms in total. The maximum atomic E-state index is 16.3. The number of fused-ring (bicyclic) bond motifs is 15. The van der Waals surface area contributed by atoms with Crippen molar-refractivity contribution in [1.82, 2.24) is 0 Å². The molecule has 478 valence electrons. The second-order valence-electron chi connectivity index (χ2n) is 29.3. The van der Waals surface area contributed by atoms with Crippen molar-refractivity contribution >= 4 is 35.1 Å². The highest BCUT2D eigenvalue weighted by Crippen LogP contribution is 2.71. The van der Waals surface area contributed by atoms with Gasteiger partial charge in [0.15, 0.2) is 17.8 Å². The highest BCUT2D eigenvalue weighted by molar-refractivity contribution is 5.91. The molecular formula is C81H82O12. The van der Waals surface area contributed by atoms with Gasteiger partial charge in [0.25, 0.3) is 0 Å².